The number of fused-ring (bicyclic) bond motifs is 9. The van der Waals surface area contributed by atoms with Crippen molar-refractivity contribution < 1.29 is 4.42 Å². The maximum Gasteiger partial charge on any atom is 0.164 e. The Morgan fingerprint density at radius 2 is 0.912 bits per heavy atom. The Hall–Kier alpha value is -7.41. The van der Waals surface area contributed by atoms with Gasteiger partial charge in [-0.2, -0.15) is 0 Å². The highest BCUT2D eigenvalue weighted by atomic mass is 32.1. The zero-order valence-electron chi connectivity index (χ0n) is 30.4. The normalized spacial score (nSPS) is 11.9. The molecule has 4 aromatic heterocycles. The second-order valence-corrected chi connectivity index (χ2v) is 15.4. The number of thiophene rings is 1. The van der Waals surface area contributed by atoms with Crippen molar-refractivity contribution in [1.82, 2.24) is 19.5 Å². The third-order valence-electron chi connectivity index (χ3n) is 11.1. The van der Waals surface area contributed by atoms with Crippen LogP contribution in [-0.2, 0) is 0 Å². The number of hydrogen-bond acceptors (Lipinski definition) is 5. The lowest BCUT2D eigenvalue weighted by atomic mass is 10.00. The Bertz CT molecular complexity index is 3420. The van der Waals surface area contributed by atoms with Crippen molar-refractivity contribution in [3.05, 3.63) is 182 Å². The molecule has 0 fully saturated rings. The van der Waals surface area contributed by atoms with Gasteiger partial charge in [-0.1, -0.05) is 146 Å². The van der Waals surface area contributed by atoms with Crippen LogP contribution >= 0.6 is 11.3 Å². The van der Waals surface area contributed by atoms with Gasteiger partial charge in [0.1, 0.15) is 11.2 Å². The van der Waals surface area contributed by atoms with Crippen molar-refractivity contribution in [3.63, 3.8) is 0 Å². The molecule has 4 heterocycles. The molecule has 8 aromatic carbocycles. The van der Waals surface area contributed by atoms with Crippen molar-refractivity contribution in [2.75, 3.05) is 0 Å². The first-order valence-corrected chi connectivity index (χ1v) is 19.8. The fourth-order valence-corrected chi connectivity index (χ4v) is 9.79. The maximum atomic E-state index is 6.76. The number of para-hydroxylation sites is 3. The smallest absolute Gasteiger partial charge is 0.164 e. The second-order valence-electron chi connectivity index (χ2n) is 14.3. The van der Waals surface area contributed by atoms with Crippen LogP contribution < -0.4 is 0 Å². The van der Waals surface area contributed by atoms with E-state index < -0.39 is 0 Å². The Labute approximate surface area is 330 Å². The number of benzene rings is 8. The summed E-state index contributed by atoms with van der Waals surface area (Å²) in [6.45, 7) is 0. The van der Waals surface area contributed by atoms with E-state index in [1.165, 1.54) is 47.7 Å². The van der Waals surface area contributed by atoms with Crippen LogP contribution in [0.3, 0.4) is 0 Å². The molecule has 0 unspecified atom stereocenters. The largest absolute Gasteiger partial charge is 0.455 e. The topological polar surface area (TPSA) is 56.7 Å². The molecule has 0 aliphatic heterocycles. The van der Waals surface area contributed by atoms with E-state index in [0.29, 0.717) is 17.5 Å². The highest BCUT2D eigenvalue weighted by molar-refractivity contribution is 7.26. The maximum absolute atomic E-state index is 6.76. The Balaban J connectivity index is 1.03. The average molecular weight is 747 g/mol. The van der Waals surface area contributed by atoms with Gasteiger partial charge in [0.2, 0.25) is 0 Å². The predicted molar refractivity (Wildman–Crippen MR) is 236 cm³/mol. The predicted octanol–water partition coefficient (Wildman–Crippen LogP) is 13.9. The molecule has 0 bridgehead atoms. The van der Waals surface area contributed by atoms with Crippen LogP contribution in [0, 0.1) is 0 Å². The monoisotopic (exact) mass is 746 g/mol. The van der Waals surface area contributed by atoms with Gasteiger partial charge >= 0.3 is 0 Å². The van der Waals surface area contributed by atoms with E-state index >= 15 is 0 Å². The molecule has 0 atom stereocenters. The highest BCUT2D eigenvalue weighted by Crippen LogP contribution is 2.46. The minimum absolute atomic E-state index is 0.615. The number of aromatic nitrogens is 4. The summed E-state index contributed by atoms with van der Waals surface area (Å²) in [4.78, 5) is 14.9. The van der Waals surface area contributed by atoms with Gasteiger partial charge in [0.25, 0.3) is 0 Å². The van der Waals surface area contributed by atoms with Crippen LogP contribution in [0.25, 0.3) is 115 Å². The fraction of sp³-hybridized carbons (Fsp3) is 0. The summed E-state index contributed by atoms with van der Waals surface area (Å²) in [5.41, 5.74) is 10.3. The molecule has 57 heavy (non-hydrogen) atoms. The van der Waals surface area contributed by atoms with E-state index in [1.807, 2.05) is 84.1 Å². The van der Waals surface area contributed by atoms with E-state index in [0.717, 1.165) is 49.8 Å². The lowest BCUT2D eigenvalue weighted by Crippen LogP contribution is -2.00. The summed E-state index contributed by atoms with van der Waals surface area (Å²) in [6, 6.07) is 63.6. The first-order chi connectivity index (χ1) is 28.3. The first-order valence-electron chi connectivity index (χ1n) is 19.0. The molecule has 0 spiro atoms. The second kappa shape index (κ2) is 12.6. The third-order valence-corrected chi connectivity index (χ3v) is 12.3. The molecule has 5 nitrogen and oxygen atoms in total. The summed E-state index contributed by atoms with van der Waals surface area (Å²) in [5, 5.41) is 7.08. The quantitative estimate of drug-likeness (QED) is 0.176. The van der Waals surface area contributed by atoms with E-state index in [1.54, 1.807) is 0 Å². The van der Waals surface area contributed by atoms with Crippen LogP contribution in [0.15, 0.2) is 186 Å². The number of furan rings is 1. The summed E-state index contributed by atoms with van der Waals surface area (Å²) in [5.74, 6) is 1.89. The molecule has 12 aromatic rings. The van der Waals surface area contributed by atoms with Crippen LogP contribution in [-0.4, -0.2) is 19.5 Å². The van der Waals surface area contributed by atoms with Gasteiger partial charge in [-0.3, -0.25) is 0 Å². The molecule has 0 N–H and O–H groups in total. The van der Waals surface area contributed by atoms with Crippen LogP contribution in [0.4, 0.5) is 0 Å². The minimum atomic E-state index is 0.615. The van der Waals surface area contributed by atoms with Gasteiger partial charge in [-0.05, 0) is 36.4 Å². The van der Waals surface area contributed by atoms with Crippen molar-refractivity contribution in [2.45, 2.75) is 0 Å². The number of rotatable bonds is 5. The van der Waals surface area contributed by atoms with Gasteiger partial charge in [-0.15, -0.1) is 11.3 Å². The molecular formula is C51H30N4OS. The molecule has 6 heteroatoms. The molecule has 12 rings (SSSR count). The van der Waals surface area contributed by atoms with Crippen molar-refractivity contribution in [3.8, 4) is 51.0 Å². The molecule has 266 valence electrons. The van der Waals surface area contributed by atoms with E-state index in [-0.39, 0.29) is 0 Å². The van der Waals surface area contributed by atoms with Gasteiger partial charge in [0.05, 0.1) is 21.4 Å². The Morgan fingerprint density at radius 3 is 1.58 bits per heavy atom. The van der Waals surface area contributed by atoms with Gasteiger partial charge < -0.3 is 8.98 Å². The highest BCUT2D eigenvalue weighted by Gasteiger charge is 2.21. The summed E-state index contributed by atoms with van der Waals surface area (Å²) < 4.78 is 11.7. The summed E-state index contributed by atoms with van der Waals surface area (Å²) in [7, 11) is 0. The lowest BCUT2D eigenvalue weighted by molar-refractivity contribution is 0.670. The number of nitrogens with zero attached hydrogens (tertiary/aromatic N) is 4. The average Bonchev–Trinajstić information content (AvgIpc) is 3.96. The van der Waals surface area contributed by atoms with Crippen molar-refractivity contribution in [2.24, 2.45) is 0 Å². The molecule has 0 aliphatic carbocycles. The van der Waals surface area contributed by atoms with Crippen molar-refractivity contribution >= 4 is 75.3 Å². The standard InChI is InChI=1S/C51H30N4OS/c1-3-14-31(15-4-1)49-52-50(32-16-5-2-6-17-32)54-51(53-49)33-28-29-45-41(30-33)37-21-11-20-36(46(37)56-45)38-22-12-23-39-40-24-13-27-44(48(40)57-47(38)39)55-42-25-9-7-18-34(42)35-19-8-10-26-43(35)55/h1-30H. The summed E-state index contributed by atoms with van der Waals surface area (Å²) >= 11 is 1.85. The van der Waals surface area contributed by atoms with E-state index in [4.69, 9.17) is 19.4 Å². The molecule has 0 amide bonds. The molecule has 0 saturated carbocycles. The molecular weight excluding hydrogens is 717 g/mol. The number of hydrogen-bond donors (Lipinski definition) is 0. The SMILES string of the molecule is c1ccc(-c2nc(-c3ccccc3)nc(-c3ccc4oc5c(-c6cccc7c6sc6c(-n8c9ccccc9c9ccccc98)cccc67)cccc5c4c3)n2)cc1. The summed E-state index contributed by atoms with van der Waals surface area (Å²) in [6.07, 6.45) is 0. The Kier molecular flexibility index (Phi) is 7.03. The van der Waals surface area contributed by atoms with Gasteiger partial charge in [0, 0.05) is 64.8 Å². The fourth-order valence-electron chi connectivity index (χ4n) is 8.46. The molecule has 0 aliphatic rings. The van der Waals surface area contributed by atoms with Gasteiger partial charge in [-0.25, -0.2) is 15.0 Å². The molecule has 0 radical (unpaired) electrons. The van der Waals surface area contributed by atoms with E-state index in [2.05, 4.69) is 114 Å². The van der Waals surface area contributed by atoms with Crippen LogP contribution in [0.1, 0.15) is 0 Å². The van der Waals surface area contributed by atoms with Crippen LogP contribution in [0.5, 0.6) is 0 Å². The Morgan fingerprint density at radius 1 is 0.386 bits per heavy atom. The van der Waals surface area contributed by atoms with Crippen LogP contribution in [0.2, 0.25) is 0 Å². The van der Waals surface area contributed by atoms with Gasteiger partial charge in [0.15, 0.2) is 17.5 Å². The zero-order valence-corrected chi connectivity index (χ0v) is 31.2. The lowest BCUT2D eigenvalue weighted by Gasteiger charge is -2.09. The van der Waals surface area contributed by atoms with Crippen molar-refractivity contribution in [1.29, 1.82) is 0 Å². The first kappa shape index (κ1) is 31.9. The molecule has 0 saturated heterocycles. The zero-order chi connectivity index (χ0) is 37.5. The van der Waals surface area contributed by atoms with E-state index in [9.17, 15) is 0 Å². The minimum Gasteiger partial charge on any atom is -0.455 e. The third kappa shape index (κ3) is 4.98.